The minimum atomic E-state index is -0.477. The summed E-state index contributed by atoms with van der Waals surface area (Å²) in [6.45, 7) is 1.87. The first-order valence-electron chi connectivity index (χ1n) is 7.04. The maximum atomic E-state index is 12.4. The van der Waals surface area contributed by atoms with Crippen LogP contribution in [0.15, 0.2) is 45.6 Å². The normalized spacial score (nSPS) is 10.7. The largest absolute Gasteiger partial charge is 0.502 e. The molecule has 0 atom stereocenters. The summed E-state index contributed by atoms with van der Waals surface area (Å²) in [5.41, 5.74) is 1.29. The number of rotatable bonds is 3. The van der Waals surface area contributed by atoms with Crippen LogP contribution >= 0.6 is 0 Å². The Morgan fingerprint density at radius 1 is 1.04 bits per heavy atom. The molecule has 0 unspecified atom stereocenters. The van der Waals surface area contributed by atoms with Gasteiger partial charge in [0.05, 0.1) is 25.2 Å². The molecule has 3 rings (SSSR count). The van der Waals surface area contributed by atoms with Gasteiger partial charge >= 0.3 is 0 Å². The molecular formula is C18H16O5. The molecule has 0 saturated carbocycles. The molecule has 5 heteroatoms. The minimum Gasteiger partial charge on any atom is -0.502 e. The van der Waals surface area contributed by atoms with Crippen molar-refractivity contribution in [2.45, 2.75) is 6.92 Å². The van der Waals surface area contributed by atoms with Crippen LogP contribution in [0.25, 0.3) is 22.3 Å². The maximum absolute atomic E-state index is 12.4. The van der Waals surface area contributed by atoms with E-state index in [-0.39, 0.29) is 5.76 Å². The van der Waals surface area contributed by atoms with Crippen molar-refractivity contribution in [1.82, 2.24) is 0 Å². The van der Waals surface area contributed by atoms with Crippen LogP contribution in [-0.2, 0) is 0 Å². The fourth-order valence-corrected chi connectivity index (χ4v) is 2.47. The average molecular weight is 312 g/mol. The summed E-state index contributed by atoms with van der Waals surface area (Å²) in [4.78, 5) is 12.4. The van der Waals surface area contributed by atoms with Crippen molar-refractivity contribution < 1.29 is 19.0 Å². The van der Waals surface area contributed by atoms with Crippen molar-refractivity contribution in [2.24, 2.45) is 0 Å². The van der Waals surface area contributed by atoms with Gasteiger partial charge in [0.25, 0.3) is 0 Å². The van der Waals surface area contributed by atoms with E-state index in [9.17, 15) is 9.90 Å². The average Bonchev–Trinajstić information content (AvgIpc) is 2.58. The number of aromatic hydroxyl groups is 1. The highest BCUT2D eigenvalue weighted by molar-refractivity contribution is 5.83. The Morgan fingerprint density at radius 3 is 2.52 bits per heavy atom. The Hall–Kier alpha value is -2.95. The third-order valence-corrected chi connectivity index (χ3v) is 3.67. The molecule has 0 aliphatic rings. The predicted octanol–water partition coefficient (Wildman–Crippen LogP) is 3.49. The van der Waals surface area contributed by atoms with E-state index in [1.54, 1.807) is 30.3 Å². The van der Waals surface area contributed by atoms with Crippen LogP contribution in [0.3, 0.4) is 0 Å². The van der Waals surface area contributed by atoms with Gasteiger partial charge in [-0.15, -0.1) is 0 Å². The third-order valence-electron chi connectivity index (χ3n) is 3.67. The SMILES string of the molecule is COc1ccc(OC)c(-c2oc3ccc(C)cc3c(=O)c2O)c1. The van der Waals surface area contributed by atoms with Gasteiger partial charge in [0.15, 0.2) is 5.76 Å². The van der Waals surface area contributed by atoms with Gasteiger partial charge in [-0.2, -0.15) is 0 Å². The second-order valence-corrected chi connectivity index (χ2v) is 5.17. The molecule has 0 spiro atoms. The Labute approximate surface area is 132 Å². The van der Waals surface area contributed by atoms with E-state index in [1.165, 1.54) is 14.2 Å². The second kappa shape index (κ2) is 5.68. The van der Waals surface area contributed by atoms with Crippen LogP contribution in [0.1, 0.15) is 5.56 Å². The summed E-state index contributed by atoms with van der Waals surface area (Å²) in [6, 6.07) is 10.3. The van der Waals surface area contributed by atoms with Crippen molar-refractivity contribution >= 4 is 11.0 Å². The van der Waals surface area contributed by atoms with Crippen molar-refractivity contribution in [1.29, 1.82) is 0 Å². The lowest BCUT2D eigenvalue weighted by Crippen LogP contribution is -2.03. The molecule has 0 radical (unpaired) electrons. The highest BCUT2D eigenvalue weighted by Crippen LogP contribution is 2.38. The van der Waals surface area contributed by atoms with Crippen LogP contribution < -0.4 is 14.9 Å². The fraction of sp³-hybridized carbons (Fsp3) is 0.167. The van der Waals surface area contributed by atoms with Gasteiger partial charge in [0.2, 0.25) is 11.2 Å². The van der Waals surface area contributed by atoms with Crippen molar-refractivity contribution in [3.8, 4) is 28.6 Å². The first-order valence-corrected chi connectivity index (χ1v) is 7.04. The van der Waals surface area contributed by atoms with Crippen LogP contribution in [0.4, 0.5) is 0 Å². The van der Waals surface area contributed by atoms with E-state index in [2.05, 4.69) is 0 Å². The summed E-state index contributed by atoms with van der Waals surface area (Å²) in [6.07, 6.45) is 0. The molecule has 118 valence electrons. The van der Waals surface area contributed by atoms with Crippen LogP contribution in [0, 0.1) is 6.92 Å². The summed E-state index contributed by atoms with van der Waals surface area (Å²) < 4.78 is 16.3. The number of fused-ring (bicyclic) bond motifs is 1. The number of benzene rings is 2. The number of ether oxygens (including phenoxy) is 2. The highest BCUT2D eigenvalue weighted by atomic mass is 16.5. The number of hydrogen-bond acceptors (Lipinski definition) is 5. The summed E-state index contributed by atoms with van der Waals surface area (Å²) in [5, 5.41) is 10.7. The van der Waals surface area contributed by atoms with Gasteiger partial charge in [-0.05, 0) is 37.3 Å². The molecule has 0 fully saturated rings. The predicted molar refractivity (Wildman–Crippen MR) is 87.4 cm³/mol. The Kier molecular flexibility index (Phi) is 3.70. The van der Waals surface area contributed by atoms with Crippen LogP contribution in [0.5, 0.6) is 17.2 Å². The van der Waals surface area contributed by atoms with E-state index in [1.807, 2.05) is 13.0 Å². The summed E-state index contributed by atoms with van der Waals surface area (Å²) in [5.74, 6) is 0.638. The van der Waals surface area contributed by atoms with Crippen molar-refractivity contribution in [3.05, 3.63) is 52.2 Å². The van der Waals surface area contributed by atoms with Crippen LogP contribution in [-0.4, -0.2) is 19.3 Å². The first kappa shape index (κ1) is 15.0. The minimum absolute atomic E-state index is 0.0575. The van der Waals surface area contributed by atoms with E-state index in [4.69, 9.17) is 13.9 Å². The lowest BCUT2D eigenvalue weighted by molar-refractivity contribution is 0.401. The summed E-state index contributed by atoms with van der Waals surface area (Å²) >= 11 is 0. The smallest absolute Gasteiger partial charge is 0.235 e. The molecule has 2 aromatic carbocycles. The second-order valence-electron chi connectivity index (χ2n) is 5.17. The first-order chi connectivity index (χ1) is 11.0. The molecule has 1 aromatic heterocycles. The zero-order valence-electron chi connectivity index (χ0n) is 13.0. The number of aryl methyl sites for hydroxylation is 1. The molecule has 0 bridgehead atoms. The Balaban J connectivity index is 2.35. The maximum Gasteiger partial charge on any atom is 0.235 e. The fourth-order valence-electron chi connectivity index (χ4n) is 2.47. The molecule has 23 heavy (non-hydrogen) atoms. The molecule has 5 nitrogen and oxygen atoms in total. The highest BCUT2D eigenvalue weighted by Gasteiger charge is 2.19. The third kappa shape index (κ3) is 2.50. The zero-order chi connectivity index (χ0) is 16.6. The molecule has 3 aromatic rings. The molecular weight excluding hydrogens is 296 g/mol. The Bertz CT molecular complexity index is 940. The molecule has 1 N–H and O–H groups in total. The van der Waals surface area contributed by atoms with Gasteiger partial charge in [0, 0.05) is 0 Å². The van der Waals surface area contributed by atoms with Crippen molar-refractivity contribution in [2.75, 3.05) is 14.2 Å². The van der Waals surface area contributed by atoms with E-state index in [0.717, 1.165) is 5.56 Å². The van der Waals surface area contributed by atoms with Gasteiger partial charge < -0.3 is 19.0 Å². The molecule has 0 amide bonds. The molecule has 0 saturated heterocycles. The molecule has 0 aliphatic heterocycles. The summed E-state index contributed by atoms with van der Waals surface area (Å²) in [7, 11) is 3.04. The van der Waals surface area contributed by atoms with Gasteiger partial charge in [-0.1, -0.05) is 11.6 Å². The molecule has 0 aliphatic carbocycles. The van der Waals surface area contributed by atoms with Crippen LogP contribution in [0.2, 0.25) is 0 Å². The number of hydrogen-bond donors (Lipinski definition) is 1. The van der Waals surface area contributed by atoms with E-state index in [0.29, 0.717) is 28.0 Å². The Morgan fingerprint density at radius 2 is 1.83 bits per heavy atom. The standard InChI is InChI=1S/C18H16O5/c1-10-4-6-15-12(8-10)16(19)17(20)18(23-15)13-9-11(21-2)5-7-14(13)22-3/h4-9,20H,1-3H3. The molecule has 1 heterocycles. The van der Waals surface area contributed by atoms with Gasteiger partial charge in [0.1, 0.15) is 17.1 Å². The topological polar surface area (TPSA) is 68.9 Å². The van der Waals surface area contributed by atoms with Gasteiger partial charge in [-0.25, -0.2) is 0 Å². The van der Waals surface area contributed by atoms with E-state index < -0.39 is 11.2 Å². The van der Waals surface area contributed by atoms with Gasteiger partial charge in [-0.3, -0.25) is 4.79 Å². The lowest BCUT2D eigenvalue weighted by atomic mass is 10.1. The quantitative estimate of drug-likeness (QED) is 0.801. The van der Waals surface area contributed by atoms with E-state index >= 15 is 0 Å². The lowest BCUT2D eigenvalue weighted by Gasteiger charge is -2.11. The van der Waals surface area contributed by atoms with Crippen molar-refractivity contribution in [3.63, 3.8) is 0 Å². The zero-order valence-corrected chi connectivity index (χ0v) is 13.0. The monoisotopic (exact) mass is 312 g/mol. The number of methoxy groups -OCH3 is 2.